The maximum absolute atomic E-state index is 4.87. The van der Waals surface area contributed by atoms with E-state index in [-0.39, 0.29) is 0 Å². The van der Waals surface area contributed by atoms with E-state index in [2.05, 4.69) is 55.5 Å². The Bertz CT molecular complexity index is 1280. The predicted octanol–water partition coefficient (Wildman–Crippen LogP) is 6.94. The lowest BCUT2D eigenvalue weighted by atomic mass is 10.0. The lowest BCUT2D eigenvalue weighted by molar-refractivity contribution is 1.04. The topological polar surface area (TPSA) is 38.7 Å². The summed E-state index contributed by atoms with van der Waals surface area (Å²) < 4.78 is 0. The summed E-state index contributed by atoms with van der Waals surface area (Å²) in [5.41, 5.74) is 6.55. The molecule has 1 heterocycles. The first-order chi connectivity index (χ1) is 15.8. The van der Waals surface area contributed by atoms with Crippen LogP contribution < -0.4 is 0 Å². The van der Waals surface area contributed by atoms with E-state index in [0.717, 1.165) is 23.1 Å². The Labute approximate surface area is 188 Å². The van der Waals surface area contributed by atoms with Gasteiger partial charge in [0, 0.05) is 16.7 Å². The highest BCUT2D eigenvalue weighted by molar-refractivity contribution is 5.87. The van der Waals surface area contributed by atoms with Gasteiger partial charge >= 0.3 is 0 Å². The highest BCUT2D eigenvalue weighted by Crippen LogP contribution is 2.28. The zero-order valence-corrected chi connectivity index (χ0v) is 17.9. The first-order valence-corrected chi connectivity index (χ1v) is 10.8. The molecule has 0 aliphatic heterocycles. The summed E-state index contributed by atoms with van der Waals surface area (Å²) in [7, 11) is 0. The minimum Gasteiger partial charge on any atom is -0.208 e. The molecule has 0 atom stereocenters. The average Bonchev–Trinajstić information content (AvgIpc) is 3.12. The van der Waals surface area contributed by atoms with Crippen molar-refractivity contribution in [3.63, 3.8) is 0 Å². The molecule has 1 aliphatic carbocycles. The number of allylic oxidation sites excluding steroid dienone is 6. The van der Waals surface area contributed by atoms with Gasteiger partial charge in [0.05, 0.1) is 0 Å². The van der Waals surface area contributed by atoms with Gasteiger partial charge in [-0.3, -0.25) is 0 Å². The van der Waals surface area contributed by atoms with Crippen LogP contribution in [0.4, 0.5) is 0 Å². The second-order valence-electron chi connectivity index (χ2n) is 7.80. The molecule has 0 amide bonds. The second kappa shape index (κ2) is 8.94. The summed E-state index contributed by atoms with van der Waals surface area (Å²) >= 11 is 0. The maximum atomic E-state index is 4.87. The van der Waals surface area contributed by atoms with E-state index >= 15 is 0 Å². The maximum Gasteiger partial charge on any atom is 0.164 e. The number of benzene rings is 3. The zero-order chi connectivity index (χ0) is 21.8. The van der Waals surface area contributed by atoms with Crippen LogP contribution in [0.15, 0.2) is 109 Å². The fraction of sp³-hybridized carbons (Fsp3) is 0.0690. The number of rotatable bonds is 4. The van der Waals surface area contributed by atoms with Crippen molar-refractivity contribution in [3.8, 4) is 22.8 Å². The Morgan fingerprint density at radius 1 is 0.594 bits per heavy atom. The summed E-state index contributed by atoms with van der Waals surface area (Å²) in [5.74, 6) is 2.03. The minimum absolute atomic E-state index is 0.675. The fourth-order valence-corrected chi connectivity index (χ4v) is 3.77. The monoisotopic (exact) mass is 413 g/mol. The zero-order valence-electron chi connectivity index (χ0n) is 17.9. The minimum atomic E-state index is 0.675. The summed E-state index contributed by atoms with van der Waals surface area (Å²) in [6, 6.07) is 28.7. The number of hydrogen-bond acceptors (Lipinski definition) is 3. The van der Waals surface area contributed by atoms with Crippen LogP contribution in [0.2, 0.25) is 0 Å². The standard InChI is InChI=1S/C29H23N3/c1-21-11-10-18-24(19-21)25-16-8-9-17-26(20-25)29-31-27(22-12-4-2-5-13-22)30-28(32-29)23-14-6-3-7-15-23/h2-7,9-20H,8H2,1H3. The highest BCUT2D eigenvalue weighted by Gasteiger charge is 2.14. The third-order valence-corrected chi connectivity index (χ3v) is 5.39. The molecule has 0 N–H and O–H groups in total. The molecular weight excluding hydrogens is 390 g/mol. The molecule has 0 unspecified atom stereocenters. The normalized spacial score (nSPS) is 13.3. The smallest absolute Gasteiger partial charge is 0.164 e. The molecule has 4 aromatic rings. The van der Waals surface area contributed by atoms with Crippen molar-refractivity contribution < 1.29 is 0 Å². The van der Waals surface area contributed by atoms with Gasteiger partial charge in [-0.2, -0.15) is 0 Å². The van der Waals surface area contributed by atoms with E-state index in [4.69, 9.17) is 15.0 Å². The number of aryl methyl sites for hydroxylation is 1. The molecule has 32 heavy (non-hydrogen) atoms. The van der Waals surface area contributed by atoms with Crippen molar-refractivity contribution in [2.45, 2.75) is 13.3 Å². The van der Waals surface area contributed by atoms with Crippen LogP contribution >= 0.6 is 0 Å². The molecule has 0 saturated heterocycles. The molecule has 0 spiro atoms. The Balaban J connectivity index is 1.65. The van der Waals surface area contributed by atoms with E-state index < -0.39 is 0 Å². The predicted molar refractivity (Wildman–Crippen MR) is 132 cm³/mol. The molecule has 1 aromatic heterocycles. The molecule has 0 bridgehead atoms. The van der Waals surface area contributed by atoms with Gasteiger partial charge in [-0.1, -0.05) is 109 Å². The molecule has 3 nitrogen and oxygen atoms in total. The Morgan fingerprint density at radius 2 is 1.19 bits per heavy atom. The summed E-state index contributed by atoms with van der Waals surface area (Å²) in [6.45, 7) is 2.12. The molecule has 3 heteroatoms. The van der Waals surface area contributed by atoms with Crippen molar-refractivity contribution in [1.82, 2.24) is 15.0 Å². The second-order valence-corrected chi connectivity index (χ2v) is 7.80. The van der Waals surface area contributed by atoms with Gasteiger partial charge in [0.25, 0.3) is 0 Å². The van der Waals surface area contributed by atoms with E-state index in [1.54, 1.807) is 0 Å². The van der Waals surface area contributed by atoms with E-state index in [9.17, 15) is 0 Å². The van der Waals surface area contributed by atoms with Crippen molar-refractivity contribution >= 4 is 11.1 Å². The quantitative estimate of drug-likeness (QED) is 0.364. The molecule has 0 saturated carbocycles. The largest absolute Gasteiger partial charge is 0.208 e. The van der Waals surface area contributed by atoms with E-state index in [1.165, 1.54) is 16.7 Å². The molecule has 0 radical (unpaired) electrons. The van der Waals surface area contributed by atoms with Crippen molar-refractivity contribution in [2.75, 3.05) is 0 Å². The first kappa shape index (κ1) is 19.8. The van der Waals surface area contributed by atoms with E-state index in [1.807, 2.05) is 60.7 Å². The van der Waals surface area contributed by atoms with Gasteiger partial charge in [0.2, 0.25) is 0 Å². The number of hydrogen-bond donors (Lipinski definition) is 0. The third kappa shape index (κ3) is 4.33. The van der Waals surface area contributed by atoms with Crippen LogP contribution in [0.5, 0.6) is 0 Å². The fourth-order valence-electron chi connectivity index (χ4n) is 3.77. The summed E-state index contributed by atoms with van der Waals surface area (Å²) in [5, 5.41) is 0. The van der Waals surface area contributed by atoms with Gasteiger partial charge in [-0.05, 0) is 30.6 Å². The molecule has 0 fully saturated rings. The summed E-state index contributed by atoms with van der Waals surface area (Å²) in [6.07, 6.45) is 9.55. The Kier molecular flexibility index (Phi) is 5.54. The number of aromatic nitrogens is 3. The summed E-state index contributed by atoms with van der Waals surface area (Å²) in [4.78, 5) is 14.5. The van der Waals surface area contributed by atoms with Crippen LogP contribution in [0.3, 0.4) is 0 Å². The van der Waals surface area contributed by atoms with Gasteiger partial charge in [-0.15, -0.1) is 0 Å². The third-order valence-electron chi connectivity index (χ3n) is 5.39. The van der Waals surface area contributed by atoms with Crippen LogP contribution in [-0.4, -0.2) is 15.0 Å². The SMILES string of the molecule is Cc1cccc(C2=CCC=CC(c3nc(-c4ccccc4)nc(-c4ccccc4)n3)=C2)c1. The van der Waals surface area contributed by atoms with Gasteiger partial charge in [0.15, 0.2) is 17.5 Å². The highest BCUT2D eigenvalue weighted by atomic mass is 15.0. The van der Waals surface area contributed by atoms with Gasteiger partial charge in [0.1, 0.15) is 0 Å². The lowest BCUT2D eigenvalue weighted by Crippen LogP contribution is -2.02. The number of nitrogens with zero attached hydrogens (tertiary/aromatic N) is 3. The molecule has 3 aromatic carbocycles. The van der Waals surface area contributed by atoms with Gasteiger partial charge in [-0.25, -0.2) is 15.0 Å². The molecule has 154 valence electrons. The Hall–Kier alpha value is -4.11. The van der Waals surface area contributed by atoms with Crippen molar-refractivity contribution in [2.24, 2.45) is 0 Å². The van der Waals surface area contributed by atoms with Crippen molar-refractivity contribution in [1.29, 1.82) is 0 Å². The van der Waals surface area contributed by atoms with Crippen LogP contribution in [0, 0.1) is 6.92 Å². The average molecular weight is 414 g/mol. The van der Waals surface area contributed by atoms with Crippen molar-refractivity contribution in [3.05, 3.63) is 126 Å². The Morgan fingerprint density at radius 3 is 1.81 bits per heavy atom. The van der Waals surface area contributed by atoms with E-state index in [0.29, 0.717) is 17.5 Å². The van der Waals surface area contributed by atoms with Crippen LogP contribution in [0.25, 0.3) is 33.9 Å². The van der Waals surface area contributed by atoms with Gasteiger partial charge < -0.3 is 0 Å². The van der Waals surface area contributed by atoms with Crippen LogP contribution in [0.1, 0.15) is 23.4 Å². The molecular formula is C29H23N3. The molecule has 1 aliphatic rings. The molecule has 5 rings (SSSR count). The van der Waals surface area contributed by atoms with Crippen LogP contribution in [-0.2, 0) is 0 Å². The first-order valence-electron chi connectivity index (χ1n) is 10.8. The lowest BCUT2D eigenvalue weighted by Gasteiger charge is -2.10.